The minimum atomic E-state index is -1.07. The Morgan fingerprint density at radius 3 is 2.78 bits per heavy atom. The Morgan fingerprint density at radius 1 is 1.39 bits per heavy atom. The van der Waals surface area contributed by atoms with Gasteiger partial charge in [-0.05, 0) is 36.8 Å². The number of benzene rings is 1. The molecular formula is C12H12ClNO3S. The number of carbonyl (C=O) groups excluding carboxylic acids is 1. The highest BCUT2D eigenvalue weighted by Gasteiger charge is 2.23. The van der Waals surface area contributed by atoms with Gasteiger partial charge in [-0.25, -0.2) is 4.79 Å². The second kappa shape index (κ2) is 5.63. The summed E-state index contributed by atoms with van der Waals surface area (Å²) in [5.74, 6) is -0.159. The van der Waals surface area contributed by atoms with E-state index in [1.165, 1.54) is 12.1 Å². The number of carboxylic acids is 1. The Labute approximate surface area is 114 Å². The third-order valence-corrected chi connectivity index (χ3v) is 4.23. The van der Waals surface area contributed by atoms with E-state index in [-0.39, 0.29) is 16.7 Å². The molecule has 1 atom stereocenters. The SMILES string of the molecule is O=C(O)c1cc(Cl)cc(NC(=O)C2CCCS2)c1. The molecule has 0 aromatic heterocycles. The summed E-state index contributed by atoms with van der Waals surface area (Å²) >= 11 is 7.44. The Balaban J connectivity index is 2.13. The number of anilines is 1. The van der Waals surface area contributed by atoms with Crippen molar-refractivity contribution in [2.24, 2.45) is 0 Å². The number of hydrogen-bond donors (Lipinski definition) is 2. The summed E-state index contributed by atoms with van der Waals surface area (Å²) in [6.07, 6.45) is 1.90. The Bertz CT molecular complexity index is 486. The Morgan fingerprint density at radius 2 is 2.17 bits per heavy atom. The van der Waals surface area contributed by atoms with Gasteiger partial charge in [-0.2, -0.15) is 0 Å². The lowest BCUT2D eigenvalue weighted by Crippen LogP contribution is -2.23. The molecule has 1 unspecified atom stereocenters. The second-order valence-corrected chi connectivity index (χ2v) is 5.77. The molecule has 1 saturated heterocycles. The first-order valence-electron chi connectivity index (χ1n) is 5.52. The van der Waals surface area contributed by atoms with Crippen LogP contribution in [0, 0.1) is 0 Å². The lowest BCUT2D eigenvalue weighted by molar-refractivity contribution is -0.115. The molecule has 1 fully saturated rings. The quantitative estimate of drug-likeness (QED) is 0.896. The van der Waals surface area contributed by atoms with E-state index in [4.69, 9.17) is 16.7 Å². The van der Waals surface area contributed by atoms with Gasteiger partial charge in [0, 0.05) is 10.7 Å². The first-order valence-corrected chi connectivity index (χ1v) is 6.95. The lowest BCUT2D eigenvalue weighted by atomic mass is 10.2. The highest BCUT2D eigenvalue weighted by Crippen LogP contribution is 2.28. The van der Waals surface area contributed by atoms with Crippen LogP contribution in [0.2, 0.25) is 5.02 Å². The van der Waals surface area contributed by atoms with Crippen LogP contribution in [0.5, 0.6) is 0 Å². The van der Waals surface area contributed by atoms with Gasteiger partial charge in [0.15, 0.2) is 0 Å². The molecule has 0 spiro atoms. The van der Waals surface area contributed by atoms with Crippen LogP contribution in [-0.4, -0.2) is 28.0 Å². The molecule has 0 radical (unpaired) electrons. The summed E-state index contributed by atoms with van der Waals surface area (Å²) < 4.78 is 0. The Hall–Kier alpha value is -1.20. The fraction of sp³-hybridized carbons (Fsp3) is 0.333. The van der Waals surface area contributed by atoms with Crippen molar-refractivity contribution in [3.8, 4) is 0 Å². The van der Waals surface area contributed by atoms with E-state index >= 15 is 0 Å². The van der Waals surface area contributed by atoms with Crippen molar-refractivity contribution in [2.45, 2.75) is 18.1 Å². The zero-order chi connectivity index (χ0) is 13.1. The summed E-state index contributed by atoms with van der Waals surface area (Å²) in [5, 5.41) is 11.9. The first-order chi connectivity index (χ1) is 8.56. The van der Waals surface area contributed by atoms with Gasteiger partial charge in [0.25, 0.3) is 0 Å². The monoisotopic (exact) mass is 285 g/mol. The van der Waals surface area contributed by atoms with Gasteiger partial charge in [-0.1, -0.05) is 11.6 Å². The van der Waals surface area contributed by atoms with Crippen molar-refractivity contribution < 1.29 is 14.7 Å². The molecule has 2 N–H and O–H groups in total. The van der Waals surface area contributed by atoms with Crippen LogP contribution >= 0.6 is 23.4 Å². The number of nitrogens with one attached hydrogen (secondary N) is 1. The standard InChI is InChI=1S/C12H12ClNO3S/c13-8-4-7(12(16)17)5-9(6-8)14-11(15)10-2-1-3-18-10/h4-6,10H,1-3H2,(H,14,15)(H,16,17). The molecule has 18 heavy (non-hydrogen) atoms. The van der Waals surface area contributed by atoms with Gasteiger partial charge in [0.05, 0.1) is 10.8 Å². The van der Waals surface area contributed by atoms with Crippen molar-refractivity contribution in [3.63, 3.8) is 0 Å². The van der Waals surface area contributed by atoms with Gasteiger partial charge in [-0.3, -0.25) is 4.79 Å². The van der Waals surface area contributed by atoms with Crippen molar-refractivity contribution >= 4 is 40.9 Å². The van der Waals surface area contributed by atoms with E-state index in [9.17, 15) is 9.59 Å². The van der Waals surface area contributed by atoms with Crippen molar-refractivity contribution in [1.82, 2.24) is 0 Å². The van der Waals surface area contributed by atoms with Crippen LogP contribution in [0.1, 0.15) is 23.2 Å². The van der Waals surface area contributed by atoms with Gasteiger partial charge >= 0.3 is 5.97 Å². The molecule has 0 aliphatic carbocycles. The van der Waals surface area contributed by atoms with Gasteiger partial charge < -0.3 is 10.4 Å². The molecule has 1 aliphatic heterocycles. The summed E-state index contributed by atoms with van der Waals surface area (Å²) in [7, 11) is 0. The molecule has 4 nitrogen and oxygen atoms in total. The van der Waals surface area contributed by atoms with E-state index in [0.717, 1.165) is 18.6 Å². The van der Waals surface area contributed by atoms with Crippen molar-refractivity contribution in [2.75, 3.05) is 11.1 Å². The van der Waals surface area contributed by atoms with E-state index in [0.29, 0.717) is 10.7 Å². The van der Waals surface area contributed by atoms with Gasteiger partial charge in [-0.15, -0.1) is 11.8 Å². The summed E-state index contributed by atoms with van der Waals surface area (Å²) in [4.78, 5) is 22.8. The molecule has 0 saturated carbocycles. The molecule has 1 aliphatic rings. The number of hydrogen-bond acceptors (Lipinski definition) is 3. The maximum Gasteiger partial charge on any atom is 0.335 e. The number of amides is 1. The predicted octanol–water partition coefficient (Wildman–Crippen LogP) is 2.87. The molecule has 1 aromatic carbocycles. The van der Waals surface area contributed by atoms with Gasteiger partial charge in [0.2, 0.25) is 5.91 Å². The van der Waals surface area contributed by atoms with Gasteiger partial charge in [0.1, 0.15) is 0 Å². The van der Waals surface area contributed by atoms with Crippen molar-refractivity contribution in [3.05, 3.63) is 28.8 Å². The zero-order valence-electron chi connectivity index (χ0n) is 9.48. The normalized spacial score (nSPS) is 18.6. The minimum absolute atomic E-state index is 0.0442. The molecule has 1 aromatic rings. The highest BCUT2D eigenvalue weighted by molar-refractivity contribution is 8.00. The molecule has 96 valence electrons. The summed E-state index contributed by atoms with van der Waals surface area (Å²) in [6.45, 7) is 0. The third-order valence-electron chi connectivity index (χ3n) is 2.63. The maximum absolute atomic E-state index is 11.9. The topological polar surface area (TPSA) is 66.4 Å². The smallest absolute Gasteiger partial charge is 0.335 e. The van der Waals surface area contributed by atoms with Crippen LogP contribution in [0.15, 0.2) is 18.2 Å². The summed E-state index contributed by atoms with van der Waals surface area (Å²) in [6, 6.07) is 4.31. The summed E-state index contributed by atoms with van der Waals surface area (Å²) in [5.41, 5.74) is 0.495. The molecule has 2 rings (SSSR count). The van der Waals surface area contributed by atoms with E-state index in [1.54, 1.807) is 17.8 Å². The number of thioether (sulfide) groups is 1. The number of halogens is 1. The first kappa shape index (κ1) is 13.2. The molecule has 0 bridgehead atoms. The number of aromatic carboxylic acids is 1. The van der Waals surface area contributed by atoms with Crippen LogP contribution in [-0.2, 0) is 4.79 Å². The fourth-order valence-corrected chi connectivity index (χ4v) is 3.19. The Kier molecular flexibility index (Phi) is 4.14. The van der Waals surface area contributed by atoms with E-state index in [1.807, 2.05) is 0 Å². The maximum atomic E-state index is 11.9. The predicted molar refractivity (Wildman–Crippen MR) is 72.5 cm³/mol. The molecule has 1 heterocycles. The second-order valence-electron chi connectivity index (χ2n) is 4.02. The lowest BCUT2D eigenvalue weighted by Gasteiger charge is -2.10. The molecule has 6 heteroatoms. The van der Waals surface area contributed by atoms with E-state index in [2.05, 4.69) is 5.32 Å². The van der Waals surface area contributed by atoms with Crippen molar-refractivity contribution in [1.29, 1.82) is 0 Å². The van der Waals surface area contributed by atoms with Crippen LogP contribution < -0.4 is 5.32 Å². The largest absolute Gasteiger partial charge is 0.478 e. The minimum Gasteiger partial charge on any atom is -0.478 e. The zero-order valence-corrected chi connectivity index (χ0v) is 11.1. The molecule has 1 amide bonds. The highest BCUT2D eigenvalue weighted by atomic mass is 35.5. The number of carboxylic acid groups (broad SMARTS) is 1. The average Bonchev–Trinajstić information content (AvgIpc) is 2.81. The number of rotatable bonds is 3. The third kappa shape index (κ3) is 3.17. The van der Waals surface area contributed by atoms with Crippen LogP contribution in [0.25, 0.3) is 0 Å². The van der Waals surface area contributed by atoms with E-state index < -0.39 is 5.97 Å². The van der Waals surface area contributed by atoms with Crippen LogP contribution in [0.4, 0.5) is 5.69 Å². The fourth-order valence-electron chi connectivity index (χ4n) is 1.79. The number of carbonyl (C=O) groups is 2. The van der Waals surface area contributed by atoms with Crippen LogP contribution in [0.3, 0.4) is 0 Å². The molecular weight excluding hydrogens is 274 g/mol. The average molecular weight is 286 g/mol.